The Kier molecular flexibility index (Phi) is 5.81. The number of hydrogen-bond donors (Lipinski definition) is 0. The Balaban J connectivity index is 1.62. The van der Waals surface area contributed by atoms with Gasteiger partial charge in [-0.05, 0) is 85.6 Å². The fraction of sp³-hybridized carbons (Fsp3) is 0.174. The third-order valence-electron chi connectivity index (χ3n) is 4.55. The van der Waals surface area contributed by atoms with Crippen LogP contribution < -0.4 is 4.74 Å². The van der Waals surface area contributed by atoms with E-state index in [1.807, 2.05) is 24.3 Å². The standard InChI is InChI=1S/C23H19F2O3S/c24-16-3-9-19(10-4-16)29(20-11-5-17(25)6-12-20)21-13-7-18(8-14-21)28-22-2-1-15-27-23(22)26/h3-14,22H,1-2,15H2/q+1. The number of hydrogen-bond acceptors (Lipinski definition) is 3. The molecule has 148 valence electrons. The first-order valence-electron chi connectivity index (χ1n) is 9.29. The molecule has 4 rings (SSSR count). The quantitative estimate of drug-likeness (QED) is 0.429. The first-order chi connectivity index (χ1) is 14.1. The minimum absolute atomic E-state index is 0.306. The lowest BCUT2D eigenvalue weighted by molar-refractivity contribution is -0.156. The summed E-state index contributed by atoms with van der Waals surface area (Å²) in [5.74, 6) is -0.365. The summed E-state index contributed by atoms with van der Waals surface area (Å²) in [5, 5.41) is 0. The zero-order chi connectivity index (χ0) is 20.2. The summed E-state index contributed by atoms with van der Waals surface area (Å²) in [5.41, 5.74) is 0. The van der Waals surface area contributed by atoms with E-state index in [2.05, 4.69) is 0 Å². The van der Waals surface area contributed by atoms with Gasteiger partial charge in [0.05, 0.1) is 17.5 Å². The average molecular weight is 413 g/mol. The highest BCUT2D eigenvalue weighted by Gasteiger charge is 2.30. The molecule has 0 N–H and O–H groups in total. The molecule has 0 saturated carbocycles. The third kappa shape index (κ3) is 4.59. The van der Waals surface area contributed by atoms with Crippen LogP contribution in [0.25, 0.3) is 0 Å². The number of esters is 1. The number of benzene rings is 3. The molecule has 0 bridgehead atoms. The maximum atomic E-state index is 13.4. The number of rotatable bonds is 5. The highest BCUT2D eigenvalue weighted by Crippen LogP contribution is 2.32. The van der Waals surface area contributed by atoms with Crippen molar-refractivity contribution in [1.29, 1.82) is 0 Å². The van der Waals surface area contributed by atoms with Crippen LogP contribution in [-0.2, 0) is 20.4 Å². The fourth-order valence-electron chi connectivity index (χ4n) is 3.13. The monoisotopic (exact) mass is 413 g/mol. The van der Waals surface area contributed by atoms with Gasteiger partial charge in [0.1, 0.15) is 17.4 Å². The van der Waals surface area contributed by atoms with Gasteiger partial charge in [-0.3, -0.25) is 0 Å². The summed E-state index contributed by atoms with van der Waals surface area (Å²) in [6.45, 7) is 0.440. The van der Waals surface area contributed by atoms with Crippen molar-refractivity contribution in [3.63, 3.8) is 0 Å². The highest BCUT2D eigenvalue weighted by atomic mass is 32.2. The van der Waals surface area contributed by atoms with Crippen LogP contribution in [0.1, 0.15) is 12.8 Å². The molecule has 29 heavy (non-hydrogen) atoms. The summed E-state index contributed by atoms with van der Waals surface area (Å²) < 4.78 is 37.6. The molecule has 0 aliphatic carbocycles. The molecule has 1 aliphatic rings. The topological polar surface area (TPSA) is 35.5 Å². The van der Waals surface area contributed by atoms with Gasteiger partial charge in [-0.2, -0.15) is 0 Å². The van der Waals surface area contributed by atoms with Crippen molar-refractivity contribution < 1.29 is 23.0 Å². The van der Waals surface area contributed by atoms with Crippen molar-refractivity contribution in [1.82, 2.24) is 0 Å². The SMILES string of the molecule is O=C1OCCCC1Oc1ccc([S+](c2ccc(F)cc2)c2ccc(F)cc2)cc1. The van der Waals surface area contributed by atoms with Gasteiger partial charge < -0.3 is 9.47 Å². The van der Waals surface area contributed by atoms with Crippen LogP contribution in [-0.4, -0.2) is 18.7 Å². The second kappa shape index (κ2) is 8.66. The molecule has 0 radical (unpaired) electrons. The maximum absolute atomic E-state index is 13.4. The number of carbonyl (C=O) groups is 1. The van der Waals surface area contributed by atoms with Crippen LogP contribution in [0.2, 0.25) is 0 Å². The smallest absolute Gasteiger partial charge is 0.347 e. The summed E-state index contributed by atoms with van der Waals surface area (Å²) in [6, 6.07) is 20.1. The van der Waals surface area contributed by atoms with Crippen molar-refractivity contribution in [3.05, 3.63) is 84.4 Å². The van der Waals surface area contributed by atoms with Crippen LogP contribution in [0, 0.1) is 11.6 Å². The minimum atomic E-state index is -0.581. The maximum Gasteiger partial charge on any atom is 0.347 e. The van der Waals surface area contributed by atoms with Crippen LogP contribution in [0.15, 0.2) is 87.5 Å². The van der Waals surface area contributed by atoms with Crippen molar-refractivity contribution >= 4 is 16.9 Å². The molecule has 6 heteroatoms. The molecular formula is C23H19F2O3S+. The molecule has 1 heterocycles. The first-order valence-corrected chi connectivity index (χ1v) is 10.5. The molecular weight excluding hydrogens is 394 g/mol. The summed E-state index contributed by atoms with van der Waals surface area (Å²) in [7, 11) is -0.534. The molecule has 1 atom stereocenters. The summed E-state index contributed by atoms with van der Waals surface area (Å²) in [4.78, 5) is 14.6. The normalized spacial score (nSPS) is 16.5. The first kappa shape index (κ1) is 19.5. The van der Waals surface area contributed by atoms with Crippen molar-refractivity contribution in [2.75, 3.05) is 6.61 Å². The lowest BCUT2D eigenvalue weighted by Gasteiger charge is -2.21. The largest absolute Gasteiger partial charge is 0.479 e. The third-order valence-corrected chi connectivity index (χ3v) is 6.79. The molecule has 1 unspecified atom stereocenters. The van der Waals surface area contributed by atoms with E-state index < -0.39 is 17.0 Å². The summed E-state index contributed by atoms with van der Waals surface area (Å²) >= 11 is 0. The van der Waals surface area contributed by atoms with E-state index in [4.69, 9.17) is 9.47 Å². The van der Waals surface area contributed by atoms with Crippen LogP contribution in [0.4, 0.5) is 8.78 Å². The Morgan fingerprint density at radius 1 is 0.793 bits per heavy atom. The van der Waals surface area contributed by atoms with E-state index in [-0.39, 0.29) is 17.6 Å². The van der Waals surface area contributed by atoms with Crippen molar-refractivity contribution in [3.8, 4) is 5.75 Å². The molecule has 0 aromatic heterocycles. The van der Waals surface area contributed by atoms with E-state index >= 15 is 0 Å². The number of halogens is 2. The van der Waals surface area contributed by atoms with E-state index in [0.717, 1.165) is 21.1 Å². The van der Waals surface area contributed by atoms with Gasteiger partial charge >= 0.3 is 5.97 Å². The van der Waals surface area contributed by atoms with E-state index in [0.29, 0.717) is 18.8 Å². The Morgan fingerprint density at radius 3 is 1.76 bits per heavy atom. The average Bonchev–Trinajstić information content (AvgIpc) is 2.74. The van der Waals surface area contributed by atoms with E-state index in [1.165, 1.54) is 24.3 Å². The van der Waals surface area contributed by atoms with Gasteiger partial charge in [0, 0.05) is 0 Å². The van der Waals surface area contributed by atoms with E-state index in [9.17, 15) is 13.6 Å². The number of ether oxygens (including phenoxy) is 2. The van der Waals surface area contributed by atoms with Gasteiger partial charge in [-0.25, -0.2) is 13.6 Å². The second-order valence-electron chi connectivity index (χ2n) is 6.60. The molecule has 3 aromatic rings. The van der Waals surface area contributed by atoms with Crippen LogP contribution in [0.3, 0.4) is 0 Å². The zero-order valence-corrected chi connectivity index (χ0v) is 16.3. The Labute approximate surface area is 170 Å². The van der Waals surface area contributed by atoms with E-state index in [1.54, 1.807) is 24.3 Å². The Hall–Kier alpha value is -2.86. The Morgan fingerprint density at radius 2 is 1.28 bits per heavy atom. The van der Waals surface area contributed by atoms with Crippen molar-refractivity contribution in [2.45, 2.75) is 33.6 Å². The minimum Gasteiger partial charge on any atom is -0.479 e. The highest BCUT2D eigenvalue weighted by molar-refractivity contribution is 7.97. The molecule has 0 amide bonds. The lowest BCUT2D eigenvalue weighted by atomic mass is 10.1. The van der Waals surface area contributed by atoms with Crippen LogP contribution >= 0.6 is 0 Å². The fourth-order valence-corrected chi connectivity index (χ4v) is 5.17. The lowest BCUT2D eigenvalue weighted by Crippen LogP contribution is -2.33. The Bertz CT molecular complexity index is 927. The van der Waals surface area contributed by atoms with Gasteiger partial charge in [0.25, 0.3) is 0 Å². The van der Waals surface area contributed by atoms with Gasteiger partial charge in [-0.15, -0.1) is 0 Å². The molecule has 1 saturated heterocycles. The molecule has 1 aliphatic heterocycles. The zero-order valence-electron chi connectivity index (χ0n) is 15.5. The second-order valence-corrected chi connectivity index (χ2v) is 8.63. The predicted molar refractivity (Wildman–Crippen MR) is 106 cm³/mol. The summed E-state index contributed by atoms with van der Waals surface area (Å²) in [6.07, 6.45) is 0.838. The molecule has 1 fully saturated rings. The molecule has 0 spiro atoms. The number of cyclic esters (lactones) is 1. The van der Waals surface area contributed by atoms with Gasteiger partial charge in [0.2, 0.25) is 0 Å². The molecule has 3 nitrogen and oxygen atoms in total. The van der Waals surface area contributed by atoms with Gasteiger partial charge in [-0.1, -0.05) is 0 Å². The predicted octanol–water partition coefficient (Wildman–Crippen LogP) is 5.14. The number of carbonyl (C=O) groups excluding carboxylic acids is 1. The van der Waals surface area contributed by atoms with Gasteiger partial charge in [0.15, 0.2) is 20.8 Å². The molecule has 3 aromatic carbocycles. The van der Waals surface area contributed by atoms with Crippen molar-refractivity contribution in [2.24, 2.45) is 0 Å². The van der Waals surface area contributed by atoms with Crippen LogP contribution in [0.5, 0.6) is 5.75 Å².